The van der Waals surface area contributed by atoms with Gasteiger partial charge in [-0.05, 0) is 48.9 Å². The van der Waals surface area contributed by atoms with E-state index >= 15 is 0 Å². The Labute approximate surface area is 181 Å². The van der Waals surface area contributed by atoms with Gasteiger partial charge in [-0.15, -0.1) is 10.2 Å². The van der Waals surface area contributed by atoms with Gasteiger partial charge in [0.2, 0.25) is 5.13 Å². The number of hydrogen-bond acceptors (Lipinski definition) is 8. The molecule has 12 heteroatoms. The molecule has 2 N–H and O–H groups in total. The lowest BCUT2D eigenvalue weighted by Crippen LogP contribution is -2.14. The third-order valence-electron chi connectivity index (χ3n) is 3.87. The van der Waals surface area contributed by atoms with Crippen molar-refractivity contribution in [2.45, 2.75) is 11.3 Å². The van der Waals surface area contributed by atoms with Crippen LogP contribution in [-0.2, 0) is 14.8 Å². The highest BCUT2D eigenvalue weighted by Crippen LogP contribution is 2.25. The number of sulfonamides is 1. The number of nitrogens with one attached hydrogen (secondary N) is 2. The molecule has 0 bridgehead atoms. The molecule has 9 nitrogen and oxygen atoms in total. The molecule has 0 aliphatic carbocycles. The van der Waals surface area contributed by atoms with Crippen LogP contribution in [-0.4, -0.2) is 37.6 Å². The molecule has 1 amide bonds. The van der Waals surface area contributed by atoms with Crippen LogP contribution in [0.2, 0.25) is 5.02 Å². The predicted molar refractivity (Wildman–Crippen MR) is 113 cm³/mol. The number of rotatable bonds is 6. The zero-order chi connectivity index (χ0) is 21.9. The maximum absolute atomic E-state index is 12.7. The largest absolute Gasteiger partial charge is 0.465 e. The van der Waals surface area contributed by atoms with Gasteiger partial charge in [-0.1, -0.05) is 29.0 Å². The maximum Gasteiger partial charge on any atom is 0.337 e. The number of nitrogens with zero attached hydrogens (tertiary/aromatic N) is 2. The fourth-order valence-electron chi connectivity index (χ4n) is 2.30. The molecule has 0 unspecified atom stereocenters. The van der Waals surface area contributed by atoms with E-state index in [-0.39, 0.29) is 20.7 Å². The van der Waals surface area contributed by atoms with E-state index in [1.165, 1.54) is 31.4 Å². The lowest BCUT2D eigenvalue weighted by molar-refractivity contribution is 0.0600. The van der Waals surface area contributed by atoms with E-state index in [2.05, 4.69) is 25.0 Å². The highest BCUT2D eigenvalue weighted by atomic mass is 35.5. The average Bonchev–Trinajstić information content (AvgIpc) is 3.19. The number of carbonyl (C=O) groups excluding carboxylic acids is 2. The van der Waals surface area contributed by atoms with E-state index in [9.17, 15) is 18.0 Å². The molecule has 0 spiro atoms. The van der Waals surface area contributed by atoms with Crippen LogP contribution in [0.15, 0.2) is 46.8 Å². The van der Waals surface area contributed by atoms with Crippen LogP contribution in [0.3, 0.4) is 0 Å². The summed E-state index contributed by atoms with van der Waals surface area (Å²) in [6.45, 7) is 1.68. The van der Waals surface area contributed by atoms with Crippen molar-refractivity contribution in [1.29, 1.82) is 0 Å². The van der Waals surface area contributed by atoms with Crippen molar-refractivity contribution in [2.24, 2.45) is 0 Å². The van der Waals surface area contributed by atoms with Gasteiger partial charge in [-0.2, -0.15) is 8.42 Å². The summed E-state index contributed by atoms with van der Waals surface area (Å²) in [6.07, 6.45) is 0. The molecule has 30 heavy (non-hydrogen) atoms. The van der Waals surface area contributed by atoms with Crippen LogP contribution in [0.1, 0.15) is 26.3 Å². The second-order valence-corrected chi connectivity index (χ2v) is 9.23. The molecule has 1 heterocycles. The molecule has 0 fully saturated rings. The first-order valence-corrected chi connectivity index (χ1v) is 11.0. The Bertz CT molecular complexity index is 1210. The van der Waals surface area contributed by atoms with Crippen molar-refractivity contribution < 1.29 is 22.7 Å². The molecule has 0 atom stereocenters. The van der Waals surface area contributed by atoms with E-state index in [1.807, 2.05) is 0 Å². The summed E-state index contributed by atoms with van der Waals surface area (Å²) in [6, 6.07) is 10.6. The van der Waals surface area contributed by atoms with Gasteiger partial charge >= 0.3 is 5.97 Å². The Kier molecular flexibility index (Phi) is 6.34. The number of esters is 1. The fourth-order valence-corrected chi connectivity index (χ4v) is 4.45. The first-order valence-electron chi connectivity index (χ1n) is 8.32. The van der Waals surface area contributed by atoms with Gasteiger partial charge < -0.3 is 4.74 Å². The molecule has 0 radical (unpaired) electrons. The summed E-state index contributed by atoms with van der Waals surface area (Å²) >= 11 is 6.48. The van der Waals surface area contributed by atoms with Gasteiger partial charge in [0.1, 0.15) is 0 Å². The quantitative estimate of drug-likeness (QED) is 0.421. The summed E-state index contributed by atoms with van der Waals surface area (Å²) < 4.78 is 32.0. The van der Waals surface area contributed by atoms with Crippen molar-refractivity contribution in [1.82, 2.24) is 10.2 Å². The van der Waals surface area contributed by atoms with E-state index < -0.39 is 21.9 Å². The molecule has 3 aromatic rings. The zero-order valence-corrected chi connectivity index (χ0v) is 18.1. The van der Waals surface area contributed by atoms with Gasteiger partial charge in [0.25, 0.3) is 20.3 Å². The van der Waals surface area contributed by atoms with E-state index in [0.29, 0.717) is 27.5 Å². The van der Waals surface area contributed by atoms with Crippen LogP contribution < -0.4 is 10.0 Å². The Morgan fingerprint density at radius 2 is 1.73 bits per heavy atom. The minimum atomic E-state index is -4.10. The molecule has 0 saturated heterocycles. The number of amides is 1. The maximum atomic E-state index is 12.7. The predicted octanol–water partition coefficient (Wildman–Crippen LogP) is 3.34. The number of carbonyl (C=O) groups is 2. The Morgan fingerprint density at radius 1 is 1.07 bits per heavy atom. The number of hydrogen-bond donors (Lipinski definition) is 2. The lowest BCUT2D eigenvalue weighted by Gasteiger charge is -2.10. The molecule has 2 aromatic carbocycles. The Hall–Kier alpha value is -3.02. The molecule has 1 aromatic heterocycles. The van der Waals surface area contributed by atoms with Crippen LogP contribution >= 0.6 is 22.9 Å². The summed E-state index contributed by atoms with van der Waals surface area (Å²) in [5.74, 6) is -1.08. The number of ether oxygens (including phenoxy) is 1. The number of halogens is 1. The van der Waals surface area contributed by atoms with Crippen LogP contribution in [0, 0.1) is 6.92 Å². The van der Waals surface area contributed by atoms with Crippen molar-refractivity contribution in [2.75, 3.05) is 17.1 Å². The smallest absolute Gasteiger partial charge is 0.337 e. The molecule has 156 valence electrons. The molecule has 0 aliphatic heterocycles. The number of methoxy groups -OCH3 is 1. The summed E-state index contributed by atoms with van der Waals surface area (Å²) in [7, 11) is -2.87. The SMILES string of the molecule is COC(=O)c1ccc(C)c(NS(=O)(=O)c2nnc(NC(=O)c3ccc(Cl)cc3)s2)c1. The Balaban J connectivity index is 1.78. The number of benzene rings is 2. The fraction of sp³-hybridized carbons (Fsp3) is 0.111. The van der Waals surface area contributed by atoms with Gasteiger partial charge in [0.05, 0.1) is 18.4 Å². The van der Waals surface area contributed by atoms with Crippen molar-refractivity contribution in [3.63, 3.8) is 0 Å². The first-order chi connectivity index (χ1) is 14.2. The van der Waals surface area contributed by atoms with Crippen LogP contribution in [0.25, 0.3) is 0 Å². The highest BCUT2D eigenvalue weighted by Gasteiger charge is 2.22. The van der Waals surface area contributed by atoms with Crippen molar-refractivity contribution in [3.8, 4) is 0 Å². The van der Waals surface area contributed by atoms with Gasteiger partial charge in [-0.3, -0.25) is 14.8 Å². The zero-order valence-electron chi connectivity index (χ0n) is 15.7. The average molecular weight is 467 g/mol. The number of aryl methyl sites for hydroxylation is 1. The topological polar surface area (TPSA) is 127 Å². The molecule has 3 rings (SSSR count). The molecule has 0 saturated carbocycles. The second kappa shape index (κ2) is 8.78. The third-order valence-corrected chi connectivity index (χ3v) is 6.69. The minimum absolute atomic E-state index is 0.00959. The van der Waals surface area contributed by atoms with Gasteiger partial charge in [0.15, 0.2) is 0 Å². The minimum Gasteiger partial charge on any atom is -0.465 e. The third kappa shape index (κ3) is 4.93. The monoisotopic (exact) mass is 466 g/mol. The molecular formula is C18H15ClN4O5S2. The summed E-state index contributed by atoms with van der Waals surface area (Å²) in [5, 5.41) is 10.3. The first kappa shape index (κ1) is 21.7. The molecular weight excluding hydrogens is 452 g/mol. The second-order valence-electron chi connectivity index (χ2n) is 5.96. The van der Waals surface area contributed by atoms with Gasteiger partial charge in [0, 0.05) is 10.6 Å². The van der Waals surface area contributed by atoms with E-state index in [0.717, 1.165) is 0 Å². The highest BCUT2D eigenvalue weighted by molar-refractivity contribution is 7.94. The summed E-state index contributed by atoms with van der Waals surface area (Å²) in [5.41, 5.74) is 1.30. The van der Waals surface area contributed by atoms with E-state index in [4.69, 9.17) is 11.6 Å². The van der Waals surface area contributed by atoms with Crippen molar-refractivity contribution in [3.05, 3.63) is 64.2 Å². The van der Waals surface area contributed by atoms with Crippen LogP contribution in [0.4, 0.5) is 10.8 Å². The van der Waals surface area contributed by atoms with Gasteiger partial charge in [-0.25, -0.2) is 4.79 Å². The lowest BCUT2D eigenvalue weighted by atomic mass is 10.1. The molecule has 0 aliphatic rings. The van der Waals surface area contributed by atoms with Crippen LogP contribution in [0.5, 0.6) is 0 Å². The Morgan fingerprint density at radius 3 is 2.40 bits per heavy atom. The number of anilines is 2. The normalized spacial score (nSPS) is 11.0. The summed E-state index contributed by atoms with van der Waals surface area (Å²) in [4.78, 5) is 23.9. The number of aromatic nitrogens is 2. The standard InChI is InChI=1S/C18H15ClN4O5S2/c1-10-3-4-12(16(25)28-2)9-14(10)23-30(26,27)18-22-21-17(29-18)20-15(24)11-5-7-13(19)8-6-11/h3-9,23H,1-2H3,(H,20,21,24). The van der Waals surface area contributed by atoms with E-state index in [1.54, 1.807) is 25.1 Å². The van der Waals surface area contributed by atoms with Crippen molar-refractivity contribution >= 4 is 55.7 Å².